The Bertz CT molecular complexity index is 406. The molecule has 1 aromatic rings. The van der Waals surface area contributed by atoms with Crippen LogP contribution in [0.25, 0.3) is 0 Å². The van der Waals surface area contributed by atoms with E-state index in [1.807, 2.05) is 0 Å². The maximum absolute atomic E-state index is 6.25. The van der Waals surface area contributed by atoms with E-state index in [-0.39, 0.29) is 11.6 Å². The quantitative estimate of drug-likeness (QED) is 0.593. The predicted octanol–water partition coefficient (Wildman–Crippen LogP) is 3.89. The van der Waals surface area contributed by atoms with Gasteiger partial charge in [-0.3, -0.25) is 11.3 Å². The molecule has 120 valence electrons. The maximum atomic E-state index is 6.25. The first-order chi connectivity index (χ1) is 10.0. The lowest BCUT2D eigenvalue weighted by atomic mass is 9.68. The molecule has 4 heteroatoms. The first-order valence-corrected chi connectivity index (χ1v) is 9.07. The zero-order chi connectivity index (χ0) is 15.3. The molecular weight excluding hydrogens is 280 g/mol. The molecule has 1 fully saturated rings. The lowest BCUT2D eigenvalue weighted by Crippen LogP contribution is -2.57. The third kappa shape index (κ3) is 4.28. The average Bonchev–Trinajstić information content (AvgIpc) is 2.96. The molecule has 0 spiro atoms. The van der Waals surface area contributed by atoms with E-state index < -0.39 is 0 Å². The number of rotatable bonds is 7. The van der Waals surface area contributed by atoms with Crippen molar-refractivity contribution >= 4 is 11.3 Å². The van der Waals surface area contributed by atoms with Gasteiger partial charge in [0.25, 0.3) is 0 Å². The summed E-state index contributed by atoms with van der Waals surface area (Å²) in [5.74, 6) is 5.90. The van der Waals surface area contributed by atoms with Gasteiger partial charge in [0.15, 0.2) is 0 Å². The molecule has 21 heavy (non-hydrogen) atoms. The van der Waals surface area contributed by atoms with Crippen molar-refractivity contribution in [1.82, 2.24) is 5.43 Å². The third-order valence-electron chi connectivity index (χ3n) is 5.02. The van der Waals surface area contributed by atoms with Crippen molar-refractivity contribution in [3.63, 3.8) is 0 Å². The van der Waals surface area contributed by atoms with Gasteiger partial charge in [0.05, 0.1) is 11.6 Å². The summed E-state index contributed by atoms with van der Waals surface area (Å²) < 4.78 is 6.25. The average molecular weight is 311 g/mol. The van der Waals surface area contributed by atoms with Crippen LogP contribution < -0.4 is 11.3 Å². The molecule has 1 aromatic heterocycles. The second kappa shape index (κ2) is 7.23. The fraction of sp³-hybridized carbons (Fsp3) is 0.765. The topological polar surface area (TPSA) is 47.3 Å². The van der Waals surface area contributed by atoms with Gasteiger partial charge < -0.3 is 4.74 Å². The van der Waals surface area contributed by atoms with E-state index in [1.54, 1.807) is 11.3 Å². The number of nitrogens with two attached hydrogens (primary N) is 1. The van der Waals surface area contributed by atoms with E-state index >= 15 is 0 Å². The maximum Gasteiger partial charge on any atom is 0.0848 e. The Kier molecular flexibility index (Phi) is 5.83. The summed E-state index contributed by atoms with van der Waals surface area (Å²) in [6.45, 7) is 7.57. The van der Waals surface area contributed by atoms with Gasteiger partial charge in [-0.1, -0.05) is 13.8 Å². The summed E-state index contributed by atoms with van der Waals surface area (Å²) in [6.07, 6.45) is 6.73. The van der Waals surface area contributed by atoms with Crippen LogP contribution >= 0.6 is 11.3 Å². The predicted molar refractivity (Wildman–Crippen MR) is 90.4 cm³/mol. The number of ether oxygens (including phenoxy) is 1. The van der Waals surface area contributed by atoms with Crippen molar-refractivity contribution in [2.75, 3.05) is 6.61 Å². The summed E-state index contributed by atoms with van der Waals surface area (Å²) in [7, 11) is 0. The Labute approximate surface area is 133 Å². The van der Waals surface area contributed by atoms with Gasteiger partial charge in [-0.15, -0.1) is 0 Å². The Morgan fingerprint density at radius 3 is 2.57 bits per heavy atom. The standard InChI is InChI=1S/C17H30N2OS/c1-4-20-17(10-8-16(2,3)9-11-17)15(19-18)6-5-14-7-12-21-13-14/h7,12-13,15,19H,4-6,8-11,18H2,1-3H3. The molecule has 3 N–H and O–H groups in total. The molecule has 0 radical (unpaired) electrons. The molecule has 0 saturated heterocycles. The molecule has 0 amide bonds. The van der Waals surface area contributed by atoms with Crippen molar-refractivity contribution in [2.45, 2.75) is 70.9 Å². The summed E-state index contributed by atoms with van der Waals surface area (Å²) in [6, 6.07) is 2.43. The molecule has 0 aliphatic heterocycles. The van der Waals surface area contributed by atoms with Crippen LogP contribution in [0, 0.1) is 5.41 Å². The molecule has 0 aromatic carbocycles. The Balaban J connectivity index is 2.03. The van der Waals surface area contributed by atoms with Crippen molar-refractivity contribution in [2.24, 2.45) is 11.3 Å². The minimum absolute atomic E-state index is 0.0883. The summed E-state index contributed by atoms with van der Waals surface area (Å²) >= 11 is 1.76. The second-order valence-electron chi connectivity index (χ2n) is 7.05. The van der Waals surface area contributed by atoms with Crippen LogP contribution in [0.1, 0.15) is 58.4 Å². The fourth-order valence-electron chi connectivity index (χ4n) is 3.47. The number of hydrogen-bond donors (Lipinski definition) is 2. The van der Waals surface area contributed by atoms with E-state index in [1.165, 1.54) is 18.4 Å². The lowest BCUT2D eigenvalue weighted by molar-refractivity contribution is -0.108. The highest BCUT2D eigenvalue weighted by atomic mass is 32.1. The molecule has 1 aliphatic rings. The number of aryl methyl sites for hydroxylation is 1. The van der Waals surface area contributed by atoms with Crippen LogP contribution in [-0.4, -0.2) is 18.2 Å². The van der Waals surface area contributed by atoms with Crippen LogP contribution in [-0.2, 0) is 11.2 Å². The SMILES string of the molecule is CCOC1(C(CCc2ccsc2)NN)CCC(C)(C)CC1. The molecule has 1 unspecified atom stereocenters. The van der Waals surface area contributed by atoms with E-state index in [0.29, 0.717) is 5.41 Å². The van der Waals surface area contributed by atoms with Gasteiger partial charge in [-0.25, -0.2) is 0 Å². The van der Waals surface area contributed by atoms with Crippen molar-refractivity contribution < 1.29 is 4.74 Å². The van der Waals surface area contributed by atoms with E-state index in [0.717, 1.165) is 32.3 Å². The second-order valence-corrected chi connectivity index (χ2v) is 7.83. The Morgan fingerprint density at radius 2 is 2.05 bits per heavy atom. The van der Waals surface area contributed by atoms with Crippen LogP contribution in [0.4, 0.5) is 0 Å². The summed E-state index contributed by atoms with van der Waals surface area (Å²) in [5, 5.41) is 4.37. The first kappa shape index (κ1) is 16.9. The molecule has 0 bridgehead atoms. The van der Waals surface area contributed by atoms with E-state index in [9.17, 15) is 0 Å². The zero-order valence-corrected chi connectivity index (χ0v) is 14.5. The Hall–Kier alpha value is -0.420. The van der Waals surface area contributed by atoms with Gasteiger partial charge in [-0.05, 0) is 73.3 Å². The van der Waals surface area contributed by atoms with Gasteiger partial charge in [-0.2, -0.15) is 11.3 Å². The normalized spacial score (nSPS) is 22.1. The van der Waals surface area contributed by atoms with Crippen LogP contribution in [0.5, 0.6) is 0 Å². The smallest absolute Gasteiger partial charge is 0.0848 e. The monoisotopic (exact) mass is 310 g/mol. The highest BCUT2D eigenvalue weighted by molar-refractivity contribution is 7.07. The summed E-state index contributed by atoms with van der Waals surface area (Å²) in [5.41, 5.74) is 4.82. The lowest BCUT2D eigenvalue weighted by Gasteiger charge is -2.47. The van der Waals surface area contributed by atoms with Crippen LogP contribution in [0.3, 0.4) is 0 Å². The van der Waals surface area contributed by atoms with Crippen LogP contribution in [0.2, 0.25) is 0 Å². The van der Waals surface area contributed by atoms with Gasteiger partial charge in [0.1, 0.15) is 0 Å². The van der Waals surface area contributed by atoms with Gasteiger partial charge in [0.2, 0.25) is 0 Å². The number of thiophene rings is 1. The molecule has 1 atom stereocenters. The highest BCUT2D eigenvalue weighted by Crippen LogP contribution is 2.44. The summed E-state index contributed by atoms with van der Waals surface area (Å²) in [4.78, 5) is 0. The molecule has 1 aliphatic carbocycles. The van der Waals surface area contributed by atoms with Gasteiger partial charge >= 0.3 is 0 Å². The minimum Gasteiger partial charge on any atom is -0.374 e. The van der Waals surface area contributed by atoms with Crippen molar-refractivity contribution in [3.05, 3.63) is 22.4 Å². The first-order valence-electron chi connectivity index (χ1n) is 8.12. The minimum atomic E-state index is -0.0883. The van der Waals surface area contributed by atoms with E-state index in [2.05, 4.69) is 43.0 Å². The zero-order valence-electron chi connectivity index (χ0n) is 13.7. The number of nitrogens with one attached hydrogen (secondary N) is 1. The van der Waals surface area contributed by atoms with Crippen molar-refractivity contribution in [1.29, 1.82) is 0 Å². The molecular formula is C17H30N2OS. The van der Waals surface area contributed by atoms with Crippen LogP contribution in [0.15, 0.2) is 16.8 Å². The van der Waals surface area contributed by atoms with E-state index in [4.69, 9.17) is 10.6 Å². The molecule has 2 rings (SSSR count). The van der Waals surface area contributed by atoms with Crippen molar-refractivity contribution in [3.8, 4) is 0 Å². The molecule has 1 heterocycles. The fourth-order valence-corrected chi connectivity index (χ4v) is 4.18. The molecule has 1 saturated carbocycles. The highest BCUT2D eigenvalue weighted by Gasteiger charge is 2.44. The number of hydrogen-bond acceptors (Lipinski definition) is 4. The largest absolute Gasteiger partial charge is 0.374 e. The Morgan fingerprint density at radius 1 is 1.33 bits per heavy atom. The van der Waals surface area contributed by atoms with Gasteiger partial charge in [0, 0.05) is 6.61 Å². The molecule has 3 nitrogen and oxygen atoms in total. The third-order valence-corrected chi connectivity index (χ3v) is 5.75. The number of hydrazine groups is 1.